The van der Waals surface area contributed by atoms with Crippen molar-refractivity contribution in [3.63, 3.8) is 0 Å². The molecule has 1 aliphatic heterocycles. The zero-order chi connectivity index (χ0) is 17.1. The van der Waals surface area contributed by atoms with Crippen molar-refractivity contribution in [1.29, 1.82) is 0 Å². The first-order valence-electron chi connectivity index (χ1n) is 7.17. The van der Waals surface area contributed by atoms with Crippen LogP contribution in [0, 0.1) is 5.82 Å². The molecule has 1 amide bonds. The van der Waals surface area contributed by atoms with Gasteiger partial charge in [0.25, 0.3) is 0 Å². The standard InChI is InChI=1S/C18H13FN2O3/c1-11(22)20-15-7-5-12(6-8-15)9-16-18(23)24-17(21-16)13-3-2-4-14(19)10-13/h2-10H,1H3,(H,20,22)/b16-9-. The summed E-state index contributed by atoms with van der Waals surface area (Å²) in [5.74, 6) is -1.12. The largest absolute Gasteiger partial charge is 0.402 e. The Bertz CT molecular complexity index is 870. The molecule has 1 heterocycles. The maximum Gasteiger partial charge on any atom is 0.363 e. The fourth-order valence-electron chi connectivity index (χ4n) is 2.18. The minimum absolute atomic E-state index is 0.0700. The number of benzene rings is 2. The van der Waals surface area contributed by atoms with Crippen LogP contribution in [0.1, 0.15) is 18.1 Å². The molecule has 1 N–H and O–H groups in total. The second-order valence-corrected chi connectivity index (χ2v) is 5.15. The van der Waals surface area contributed by atoms with Crippen molar-refractivity contribution in [1.82, 2.24) is 0 Å². The van der Waals surface area contributed by atoms with Crippen LogP contribution in [0.5, 0.6) is 0 Å². The lowest BCUT2D eigenvalue weighted by Crippen LogP contribution is -2.05. The average Bonchev–Trinajstić information content (AvgIpc) is 2.90. The Hall–Kier alpha value is -3.28. The van der Waals surface area contributed by atoms with E-state index < -0.39 is 11.8 Å². The second kappa shape index (κ2) is 6.45. The van der Waals surface area contributed by atoms with Crippen LogP contribution in [0.3, 0.4) is 0 Å². The second-order valence-electron chi connectivity index (χ2n) is 5.15. The highest BCUT2D eigenvalue weighted by Crippen LogP contribution is 2.20. The van der Waals surface area contributed by atoms with E-state index in [2.05, 4.69) is 10.3 Å². The third-order valence-corrected chi connectivity index (χ3v) is 3.23. The van der Waals surface area contributed by atoms with Crippen LogP contribution in [0.15, 0.2) is 59.2 Å². The number of aliphatic imine (C=N–C) groups is 1. The van der Waals surface area contributed by atoms with E-state index in [1.54, 1.807) is 36.4 Å². The number of ether oxygens (including phenoxy) is 1. The number of anilines is 1. The molecule has 0 saturated heterocycles. The highest BCUT2D eigenvalue weighted by atomic mass is 19.1. The Morgan fingerprint density at radius 1 is 1.21 bits per heavy atom. The fraction of sp³-hybridized carbons (Fsp3) is 0.0556. The first kappa shape index (κ1) is 15.6. The van der Waals surface area contributed by atoms with Crippen molar-refractivity contribution in [3.05, 3.63) is 71.2 Å². The lowest BCUT2D eigenvalue weighted by Gasteiger charge is -2.01. The van der Waals surface area contributed by atoms with E-state index in [9.17, 15) is 14.0 Å². The van der Waals surface area contributed by atoms with Gasteiger partial charge in [-0.1, -0.05) is 18.2 Å². The molecule has 0 saturated carbocycles. The number of halogens is 1. The van der Waals surface area contributed by atoms with E-state index in [-0.39, 0.29) is 17.5 Å². The number of cyclic esters (lactones) is 1. The fourth-order valence-corrected chi connectivity index (χ4v) is 2.18. The van der Waals surface area contributed by atoms with E-state index >= 15 is 0 Å². The van der Waals surface area contributed by atoms with Crippen LogP contribution in [0.25, 0.3) is 6.08 Å². The Labute approximate surface area is 137 Å². The average molecular weight is 324 g/mol. The SMILES string of the molecule is CC(=O)Nc1ccc(/C=C2\N=C(c3cccc(F)c3)OC2=O)cc1. The molecule has 0 aromatic heterocycles. The van der Waals surface area contributed by atoms with Crippen LogP contribution >= 0.6 is 0 Å². The number of hydrogen-bond acceptors (Lipinski definition) is 4. The summed E-state index contributed by atoms with van der Waals surface area (Å²) < 4.78 is 18.3. The molecule has 1 aliphatic rings. The van der Waals surface area contributed by atoms with Crippen molar-refractivity contribution in [2.75, 3.05) is 5.32 Å². The van der Waals surface area contributed by atoms with E-state index in [4.69, 9.17) is 4.74 Å². The van der Waals surface area contributed by atoms with Crippen LogP contribution < -0.4 is 5.32 Å². The molecule has 0 fully saturated rings. The summed E-state index contributed by atoms with van der Waals surface area (Å²) in [6, 6.07) is 12.6. The molecule has 0 bridgehead atoms. The van der Waals surface area contributed by atoms with Gasteiger partial charge < -0.3 is 10.1 Å². The number of carbonyl (C=O) groups excluding carboxylic acids is 2. The first-order chi connectivity index (χ1) is 11.5. The van der Waals surface area contributed by atoms with Gasteiger partial charge in [-0.25, -0.2) is 14.2 Å². The molecule has 3 rings (SSSR count). The number of nitrogens with one attached hydrogen (secondary N) is 1. The Kier molecular flexibility index (Phi) is 4.20. The molecule has 0 atom stereocenters. The van der Waals surface area contributed by atoms with Gasteiger partial charge in [0, 0.05) is 18.2 Å². The number of rotatable bonds is 3. The third-order valence-electron chi connectivity index (χ3n) is 3.23. The molecule has 5 nitrogen and oxygen atoms in total. The summed E-state index contributed by atoms with van der Waals surface area (Å²) in [4.78, 5) is 27.0. The normalized spacial score (nSPS) is 15.2. The number of amides is 1. The van der Waals surface area contributed by atoms with Crippen LogP contribution in [-0.4, -0.2) is 17.8 Å². The van der Waals surface area contributed by atoms with Crippen molar-refractivity contribution in [2.24, 2.45) is 4.99 Å². The predicted molar refractivity (Wildman–Crippen MR) is 87.8 cm³/mol. The third kappa shape index (κ3) is 3.55. The van der Waals surface area contributed by atoms with Crippen LogP contribution in [0.4, 0.5) is 10.1 Å². The summed E-state index contributed by atoms with van der Waals surface area (Å²) in [6.07, 6.45) is 1.56. The van der Waals surface area contributed by atoms with Crippen LogP contribution in [0.2, 0.25) is 0 Å². The first-order valence-corrected chi connectivity index (χ1v) is 7.17. The van der Waals surface area contributed by atoms with E-state index in [1.807, 2.05) is 0 Å². The predicted octanol–water partition coefficient (Wildman–Crippen LogP) is 3.13. The quantitative estimate of drug-likeness (QED) is 0.697. The molecule has 24 heavy (non-hydrogen) atoms. The molecule has 0 radical (unpaired) electrons. The van der Waals surface area contributed by atoms with E-state index in [1.165, 1.54) is 25.1 Å². The van der Waals surface area contributed by atoms with Crippen molar-refractivity contribution >= 4 is 29.5 Å². The lowest BCUT2D eigenvalue weighted by atomic mass is 10.1. The van der Waals surface area contributed by atoms with Gasteiger partial charge in [0.2, 0.25) is 11.8 Å². The van der Waals surface area contributed by atoms with Crippen LogP contribution in [-0.2, 0) is 14.3 Å². The Morgan fingerprint density at radius 3 is 2.62 bits per heavy atom. The van der Waals surface area contributed by atoms with E-state index in [0.29, 0.717) is 11.3 Å². The maximum absolute atomic E-state index is 13.2. The van der Waals surface area contributed by atoms with Crippen molar-refractivity contribution in [2.45, 2.75) is 6.92 Å². The van der Waals surface area contributed by atoms with Gasteiger partial charge in [-0.2, -0.15) is 0 Å². The Morgan fingerprint density at radius 2 is 1.96 bits per heavy atom. The minimum Gasteiger partial charge on any atom is -0.402 e. The molecule has 120 valence electrons. The smallest absolute Gasteiger partial charge is 0.363 e. The van der Waals surface area contributed by atoms with Gasteiger partial charge in [0.1, 0.15) is 5.82 Å². The molecule has 2 aromatic rings. The molecule has 0 spiro atoms. The zero-order valence-corrected chi connectivity index (χ0v) is 12.7. The summed E-state index contributed by atoms with van der Waals surface area (Å²) in [5, 5.41) is 2.65. The number of carbonyl (C=O) groups is 2. The maximum atomic E-state index is 13.2. The molecule has 0 aliphatic carbocycles. The molecule has 6 heteroatoms. The van der Waals surface area contributed by atoms with Gasteiger partial charge in [-0.05, 0) is 42.0 Å². The highest BCUT2D eigenvalue weighted by Gasteiger charge is 2.24. The monoisotopic (exact) mass is 324 g/mol. The molecular weight excluding hydrogens is 311 g/mol. The topological polar surface area (TPSA) is 67.8 Å². The van der Waals surface area contributed by atoms with Gasteiger partial charge in [-0.15, -0.1) is 0 Å². The number of nitrogens with zero attached hydrogens (tertiary/aromatic N) is 1. The zero-order valence-electron chi connectivity index (χ0n) is 12.7. The van der Waals surface area contributed by atoms with Gasteiger partial charge in [0.05, 0.1) is 0 Å². The summed E-state index contributed by atoms with van der Waals surface area (Å²) >= 11 is 0. The summed E-state index contributed by atoms with van der Waals surface area (Å²) in [6.45, 7) is 1.42. The molecular formula is C18H13FN2O3. The molecule has 2 aromatic carbocycles. The molecule has 0 unspecified atom stereocenters. The van der Waals surface area contributed by atoms with E-state index in [0.717, 1.165) is 5.56 Å². The number of esters is 1. The Balaban J connectivity index is 1.84. The van der Waals surface area contributed by atoms with Crippen molar-refractivity contribution in [3.8, 4) is 0 Å². The number of hydrogen-bond donors (Lipinski definition) is 1. The summed E-state index contributed by atoms with van der Waals surface area (Å²) in [7, 11) is 0. The minimum atomic E-state index is -0.597. The van der Waals surface area contributed by atoms with Gasteiger partial charge in [0.15, 0.2) is 5.70 Å². The summed E-state index contributed by atoms with van der Waals surface area (Å²) in [5.41, 5.74) is 1.90. The highest BCUT2D eigenvalue weighted by molar-refractivity contribution is 6.12. The van der Waals surface area contributed by atoms with Gasteiger partial charge >= 0.3 is 5.97 Å². The van der Waals surface area contributed by atoms with Gasteiger partial charge in [-0.3, -0.25) is 4.79 Å². The van der Waals surface area contributed by atoms with Crippen molar-refractivity contribution < 1.29 is 18.7 Å². The lowest BCUT2D eigenvalue weighted by molar-refractivity contribution is -0.129.